The highest BCUT2D eigenvalue weighted by Crippen LogP contribution is 2.20. The van der Waals surface area contributed by atoms with E-state index in [1.807, 2.05) is 20.8 Å². The van der Waals surface area contributed by atoms with Gasteiger partial charge in [-0.25, -0.2) is 14.4 Å². The molecule has 5 amide bonds. The van der Waals surface area contributed by atoms with Gasteiger partial charge in [-0.1, -0.05) is 38.2 Å². The number of carbonyl (C=O) groups is 5. The van der Waals surface area contributed by atoms with Gasteiger partial charge < -0.3 is 40.4 Å². The minimum absolute atomic E-state index is 0.106. The second-order valence-electron chi connectivity index (χ2n) is 11.6. The molecule has 13 heteroatoms. The highest BCUT2D eigenvalue weighted by Gasteiger charge is 2.39. The molecule has 1 saturated heterocycles. The van der Waals surface area contributed by atoms with Crippen molar-refractivity contribution in [2.24, 2.45) is 0 Å². The number of hydrogen-bond acceptors (Lipinski definition) is 8. The molecular formula is C31H53N5O8. The molecule has 1 aliphatic heterocycles. The van der Waals surface area contributed by atoms with Crippen LogP contribution in [0.2, 0.25) is 0 Å². The summed E-state index contributed by atoms with van der Waals surface area (Å²) in [5.41, 5.74) is -0.546. The maximum atomic E-state index is 13.5. The number of hydrogen-bond donors (Lipinski definition) is 4. The quantitative estimate of drug-likeness (QED) is 0.0849. The standard InChI is InChI=1S/C31H53N5O8/c1-6-22-42-28(39)32-19-13-10-16-24-27(38)36(21-15-9-8-12-18-34-30(41)44-31(3,4)5)25(26(37)35-24)17-11-14-20-33-29(40)43-23-7-2/h6-7,24-25H,1-2,8-23H2,3-5H3,(H,32,39)(H,33,40)(H,34,41)(H,35,37)/t24-,25-/m0/s1. The lowest BCUT2D eigenvalue weighted by Crippen LogP contribution is -2.63. The largest absolute Gasteiger partial charge is 0.445 e. The zero-order valence-corrected chi connectivity index (χ0v) is 26.8. The lowest BCUT2D eigenvalue weighted by atomic mass is 9.98. The Morgan fingerprint density at radius 3 is 1.82 bits per heavy atom. The third-order valence-electron chi connectivity index (χ3n) is 6.60. The van der Waals surface area contributed by atoms with Gasteiger partial charge in [-0.05, 0) is 72.1 Å². The molecule has 0 aromatic heterocycles. The van der Waals surface area contributed by atoms with Crippen LogP contribution in [0.15, 0.2) is 25.3 Å². The first kappa shape index (κ1) is 38.3. The van der Waals surface area contributed by atoms with Crippen LogP contribution in [0, 0.1) is 0 Å². The van der Waals surface area contributed by atoms with Crippen molar-refractivity contribution in [3.8, 4) is 0 Å². The smallest absolute Gasteiger partial charge is 0.407 e. The van der Waals surface area contributed by atoms with Gasteiger partial charge in [0.2, 0.25) is 11.8 Å². The summed E-state index contributed by atoms with van der Waals surface area (Å²) in [6.45, 7) is 14.4. The zero-order chi connectivity index (χ0) is 32.8. The van der Waals surface area contributed by atoms with Crippen LogP contribution < -0.4 is 21.3 Å². The van der Waals surface area contributed by atoms with Gasteiger partial charge in [0.25, 0.3) is 0 Å². The molecule has 0 saturated carbocycles. The number of nitrogens with one attached hydrogen (secondary N) is 4. The fourth-order valence-corrected chi connectivity index (χ4v) is 4.53. The number of piperazine rings is 1. The predicted octanol–water partition coefficient (Wildman–Crippen LogP) is 3.93. The van der Waals surface area contributed by atoms with Crippen molar-refractivity contribution in [3.05, 3.63) is 25.3 Å². The van der Waals surface area contributed by atoms with Crippen LogP contribution in [0.4, 0.5) is 14.4 Å². The fraction of sp³-hybridized carbons (Fsp3) is 0.710. The second kappa shape index (κ2) is 21.8. The average Bonchev–Trinajstić information content (AvgIpc) is 2.96. The minimum atomic E-state index is -0.620. The van der Waals surface area contributed by atoms with E-state index in [-0.39, 0.29) is 25.0 Å². The summed E-state index contributed by atoms with van der Waals surface area (Å²) in [6.07, 6.45) is 8.15. The second-order valence-corrected chi connectivity index (χ2v) is 11.6. The molecule has 0 unspecified atom stereocenters. The highest BCUT2D eigenvalue weighted by atomic mass is 16.6. The SMILES string of the molecule is C=CCOC(=O)NCCCC[C@@H]1NC(=O)[C@H](CCCCNC(=O)OCC=C)N(CCCCCCNC(=O)OC(C)(C)C)C1=O. The fourth-order valence-electron chi connectivity index (χ4n) is 4.53. The first-order chi connectivity index (χ1) is 21.0. The first-order valence-corrected chi connectivity index (χ1v) is 15.6. The van der Waals surface area contributed by atoms with Gasteiger partial charge in [-0.3, -0.25) is 9.59 Å². The van der Waals surface area contributed by atoms with Crippen molar-refractivity contribution in [1.82, 2.24) is 26.2 Å². The molecule has 0 bridgehead atoms. The van der Waals surface area contributed by atoms with Crippen LogP contribution in [0.3, 0.4) is 0 Å². The Morgan fingerprint density at radius 1 is 0.773 bits per heavy atom. The molecule has 2 atom stereocenters. The number of carbonyl (C=O) groups excluding carboxylic acids is 5. The molecule has 0 aromatic carbocycles. The molecule has 0 aliphatic carbocycles. The Balaban J connectivity index is 2.58. The van der Waals surface area contributed by atoms with Crippen LogP contribution in [0.25, 0.3) is 0 Å². The first-order valence-electron chi connectivity index (χ1n) is 15.6. The monoisotopic (exact) mass is 623 g/mol. The number of ether oxygens (including phenoxy) is 3. The summed E-state index contributed by atoms with van der Waals surface area (Å²) in [7, 11) is 0. The topological polar surface area (TPSA) is 164 Å². The normalized spacial score (nSPS) is 16.4. The van der Waals surface area contributed by atoms with E-state index in [4.69, 9.17) is 14.2 Å². The molecule has 44 heavy (non-hydrogen) atoms. The molecule has 1 heterocycles. The van der Waals surface area contributed by atoms with Crippen LogP contribution in [0.1, 0.15) is 85.0 Å². The Morgan fingerprint density at radius 2 is 1.27 bits per heavy atom. The van der Waals surface area contributed by atoms with E-state index >= 15 is 0 Å². The molecule has 0 aromatic rings. The number of nitrogens with zero attached hydrogens (tertiary/aromatic N) is 1. The lowest BCUT2D eigenvalue weighted by Gasteiger charge is -2.39. The lowest BCUT2D eigenvalue weighted by molar-refractivity contribution is -0.150. The number of alkyl carbamates (subject to hydrolysis) is 3. The molecule has 0 spiro atoms. The van der Waals surface area contributed by atoms with E-state index < -0.39 is 36.0 Å². The maximum absolute atomic E-state index is 13.5. The summed E-state index contributed by atoms with van der Waals surface area (Å²) < 4.78 is 15.0. The van der Waals surface area contributed by atoms with Gasteiger partial charge in [-0.15, -0.1) is 0 Å². The van der Waals surface area contributed by atoms with Gasteiger partial charge in [0.05, 0.1) is 0 Å². The highest BCUT2D eigenvalue weighted by molar-refractivity contribution is 5.96. The summed E-state index contributed by atoms with van der Waals surface area (Å²) in [5.74, 6) is -0.286. The maximum Gasteiger partial charge on any atom is 0.407 e. The van der Waals surface area contributed by atoms with E-state index in [1.54, 1.807) is 4.90 Å². The Kier molecular flexibility index (Phi) is 19.0. The van der Waals surface area contributed by atoms with E-state index in [0.29, 0.717) is 64.7 Å². The molecule has 1 fully saturated rings. The molecule has 1 rings (SSSR count). The third kappa shape index (κ3) is 17.4. The van der Waals surface area contributed by atoms with E-state index in [9.17, 15) is 24.0 Å². The molecule has 4 N–H and O–H groups in total. The summed E-state index contributed by atoms with van der Waals surface area (Å²) in [5, 5.41) is 10.9. The van der Waals surface area contributed by atoms with Crippen molar-refractivity contribution in [1.29, 1.82) is 0 Å². The van der Waals surface area contributed by atoms with Crippen molar-refractivity contribution < 1.29 is 38.2 Å². The van der Waals surface area contributed by atoms with Crippen molar-refractivity contribution in [2.45, 2.75) is 103 Å². The van der Waals surface area contributed by atoms with Gasteiger partial charge in [0.1, 0.15) is 30.9 Å². The number of rotatable bonds is 21. The summed E-state index contributed by atoms with van der Waals surface area (Å²) in [6, 6.07) is -1.20. The average molecular weight is 624 g/mol. The minimum Gasteiger partial charge on any atom is -0.445 e. The Labute approximate surface area is 261 Å². The van der Waals surface area contributed by atoms with E-state index in [0.717, 1.165) is 25.7 Å². The number of amides is 5. The van der Waals surface area contributed by atoms with Crippen LogP contribution in [-0.4, -0.2) is 92.1 Å². The molecule has 250 valence electrons. The number of unbranched alkanes of at least 4 members (excludes halogenated alkanes) is 5. The van der Waals surface area contributed by atoms with Crippen LogP contribution >= 0.6 is 0 Å². The summed E-state index contributed by atoms with van der Waals surface area (Å²) in [4.78, 5) is 63.2. The van der Waals surface area contributed by atoms with Gasteiger partial charge in [0.15, 0.2) is 0 Å². The van der Waals surface area contributed by atoms with Gasteiger partial charge >= 0.3 is 18.3 Å². The van der Waals surface area contributed by atoms with E-state index in [2.05, 4.69) is 34.4 Å². The molecule has 0 radical (unpaired) electrons. The van der Waals surface area contributed by atoms with Crippen LogP contribution in [-0.2, 0) is 23.8 Å². The van der Waals surface area contributed by atoms with Gasteiger partial charge in [0, 0.05) is 26.2 Å². The zero-order valence-electron chi connectivity index (χ0n) is 26.8. The van der Waals surface area contributed by atoms with Crippen LogP contribution in [0.5, 0.6) is 0 Å². The predicted molar refractivity (Wildman–Crippen MR) is 167 cm³/mol. The Hall–Kier alpha value is -3.77. The van der Waals surface area contributed by atoms with Crippen molar-refractivity contribution in [2.75, 3.05) is 39.4 Å². The third-order valence-corrected chi connectivity index (χ3v) is 6.60. The van der Waals surface area contributed by atoms with Crippen molar-refractivity contribution >= 4 is 30.1 Å². The molecular weight excluding hydrogens is 570 g/mol. The van der Waals surface area contributed by atoms with Gasteiger partial charge in [-0.2, -0.15) is 0 Å². The molecule has 13 nitrogen and oxygen atoms in total. The molecule has 1 aliphatic rings. The Bertz CT molecular complexity index is 937. The van der Waals surface area contributed by atoms with E-state index in [1.165, 1.54) is 12.2 Å². The summed E-state index contributed by atoms with van der Waals surface area (Å²) >= 11 is 0. The van der Waals surface area contributed by atoms with Crippen molar-refractivity contribution in [3.63, 3.8) is 0 Å².